The molecular weight excluding hydrogens is 637 g/mol. The van der Waals surface area contributed by atoms with Crippen LogP contribution in [0.25, 0.3) is 33.4 Å². The van der Waals surface area contributed by atoms with Crippen LogP contribution in [0.1, 0.15) is 77.1 Å². The summed E-state index contributed by atoms with van der Waals surface area (Å²) in [6.45, 7) is 5.33. The number of fused-ring (bicyclic) bond motifs is 8. The highest BCUT2D eigenvalue weighted by Gasteiger charge is 2.49. The van der Waals surface area contributed by atoms with Crippen LogP contribution in [-0.4, -0.2) is 43.3 Å². The summed E-state index contributed by atoms with van der Waals surface area (Å²) in [6, 6.07) is 19.2. The highest BCUT2D eigenvalue weighted by molar-refractivity contribution is 5.94. The van der Waals surface area contributed by atoms with Crippen molar-refractivity contribution in [2.24, 2.45) is 0 Å². The minimum absolute atomic E-state index is 0.00209. The summed E-state index contributed by atoms with van der Waals surface area (Å²) in [7, 11) is 0. The van der Waals surface area contributed by atoms with Gasteiger partial charge in [0.2, 0.25) is 0 Å². The number of aliphatic hydroxyl groups is 1. The Morgan fingerprint density at radius 1 is 1.06 bits per heavy atom. The number of carboxylic acid groups (broad SMARTS) is 1. The van der Waals surface area contributed by atoms with E-state index in [9.17, 15) is 24.6 Å². The summed E-state index contributed by atoms with van der Waals surface area (Å²) < 4.78 is 22.3. The van der Waals surface area contributed by atoms with Crippen molar-refractivity contribution in [3.8, 4) is 22.5 Å². The predicted octanol–water partition coefficient (Wildman–Crippen LogP) is 6.48. The molecule has 0 radical (unpaired) electrons. The molecule has 0 saturated heterocycles. The van der Waals surface area contributed by atoms with Gasteiger partial charge in [0.15, 0.2) is 5.60 Å². The van der Waals surface area contributed by atoms with E-state index >= 15 is 4.39 Å². The second kappa shape index (κ2) is 10.3. The third-order valence-electron chi connectivity index (χ3n) is 11.9. The molecule has 252 valence electrons. The van der Waals surface area contributed by atoms with Crippen molar-refractivity contribution in [3.05, 3.63) is 121 Å². The Bertz CT molecular complexity index is 2390. The van der Waals surface area contributed by atoms with Gasteiger partial charge in [0.05, 0.1) is 34.6 Å². The number of carbonyl (C=O) groups excluding carboxylic acids is 1. The van der Waals surface area contributed by atoms with Gasteiger partial charge >= 0.3 is 12.1 Å². The second-order valence-electron chi connectivity index (χ2n) is 14.2. The number of esters is 1. The number of amides is 1. The van der Waals surface area contributed by atoms with Gasteiger partial charge in [-0.15, -0.1) is 0 Å². The van der Waals surface area contributed by atoms with E-state index in [4.69, 9.17) is 9.72 Å². The molecule has 5 aromatic rings. The summed E-state index contributed by atoms with van der Waals surface area (Å²) in [5, 5.41) is 23.2. The lowest BCUT2D eigenvalue weighted by Gasteiger charge is -2.45. The van der Waals surface area contributed by atoms with E-state index in [0.717, 1.165) is 27.8 Å². The molecule has 2 atom stereocenters. The van der Waals surface area contributed by atoms with Crippen molar-refractivity contribution in [2.45, 2.75) is 70.2 Å². The zero-order chi connectivity index (χ0) is 34.9. The highest BCUT2D eigenvalue weighted by Crippen LogP contribution is 2.52. The van der Waals surface area contributed by atoms with E-state index in [0.29, 0.717) is 51.8 Å². The standard InChI is InChI=1S/C40H34FN3O6/c1-4-40(49)29-15-32-35-27(17-43(32)36(45)28(29)19-50-37(40)46)34-33-21(20(2)30(41)16-31(33)42-35)13-14-39(34,3)44(38(47)48)18-26-24-11-7-5-9-22(24)23-10-6-8-12-25(23)26/h5-12,15-16,26,49H,4,13-14,17-19H2,1-3H3,(H,47,48)/t39?,40-/m0/s1. The number of pyridine rings is 2. The summed E-state index contributed by atoms with van der Waals surface area (Å²) >= 11 is 0. The first-order valence-electron chi connectivity index (χ1n) is 17.0. The molecule has 9 nitrogen and oxygen atoms in total. The number of halogens is 1. The van der Waals surface area contributed by atoms with Crippen molar-refractivity contribution in [2.75, 3.05) is 6.54 Å². The Hall–Kier alpha value is -5.35. The van der Waals surface area contributed by atoms with Crippen molar-refractivity contribution in [1.29, 1.82) is 0 Å². The zero-order valence-corrected chi connectivity index (χ0v) is 27.8. The van der Waals surface area contributed by atoms with Crippen LogP contribution >= 0.6 is 0 Å². The smallest absolute Gasteiger partial charge is 0.408 e. The normalized spacial score (nSPS) is 21.3. The number of aromatic nitrogens is 2. The number of hydrogen-bond acceptors (Lipinski definition) is 6. The lowest BCUT2D eigenvalue weighted by atomic mass is 9.73. The number of benzene rings is 3. The molecule has 2 N–H and O–H groups in total. The number of aryl methyl sites for hydroxylation is 1. The van der Waals surface area contributed by atoms with Crippen LogP contribution in [0.5, 0.6) is 0 Å². The Morgan fingerprint density at radius 3 is 2.40 bits per heavy atom. The molecule has 1 unspecified atom stereocenters. The molecule has 4 heterocycles. The summed E-state index contributed by atoms with van der Waals surface area (Å²) in [5.74, 6) is -1.45. The van der Waals surface area contributed by atoms with Crippen LogP contribution in [0.4, 0.5) is 9.18 Å². The summed E-state index contributed by atoms with van der Waals surface area (Å²) in [6.07, 6.45) is -0.256. The first-order valence-corrected chi connectivity index (χ1v) is 17.0. The molecule has 10 heteroatoms. The van der Waals surface area contributed by atoms with E-state index < -0.39 is 34.6 Å². The van der Waals surface area contributed by atoms with Gasteiger partial charge in [-0.05, 0) is 78.1 Å². The molecule has 2 aliphatic heterocycles. The van der Waals surface area contributed by atoms with Gasteiger partial charge < -0.3 is 19.5 Å². The number of cyclic esters (lactones) is 1. The summed E-state index contributed by atoms with van der Waals surface area (Å²) in [5.41, 5.74) is 5.00. The molecule has 50 heavy (non-hydrogen) atoms. The lowest BCUT2D eigenvalue weighted by Crippen LogP contribution is -2.51. The van der Waals surface area contributed by atoms with Crippen molar-refractivity contribution in [1.82, 2.24) is 14.5 Å². The van der Waals surface area contributed by atoms with Gasteiger partial charge in [0, 0.05) is 35.0 Å². The van der Waals surface area contributed by atoms with Gasteiger partial charge in [-0.1, -0.05) is 55.5 Å². The van der Waals surface area contributed by atoms with Crippen LogP contribution in [0.2, 0.25) is 0 Å². The largest absolute Gasteiger partial charge is 0.465 e. The first kappa shape index (κ1) is 30.7. The fourth-order valence-corrected chi connectivity index (χ4v) is 9.19. The fraction of sp³-hybridized carbons (Fsp3) is 0.300. The summed E-state index contributed by atoms with van der Waals surface area (Å²) in [4.78, 5) is 46.9. The molecule has 1 amide bonds. The number of carbonyl (C=O) groups is 2. The van der Waals surface area contributed by atoms with E-state index in [1.807, 2.05) is 31.2 Å². The molecule has 0 spiro atoms. The Balaban J connectivity index is 1.28. The molecular formula is C40H34FN3O6. The maximum atomic E-state index is 15.5. The monoisotopic (exact) mass is 671 g/mol. The van der Waals surface area contributed by atoms with E-state index in [1.165, 1.54) is 11.0 Å². The van der Waals surface area contributed by atoms with E-state index in [-0.39, 0.29) is 43.2 Å². The molecule has 4 aliphatic rings. The molecule has 0 saturated carbocycles. The Kier molecular flexibility index (Phi) is 6.34. The van der Waals surface area contributed by atoms with Gasteiger partial charge in [0.1, 0.15) is 12.4 Å². The second-order valence-corrected chi connectivity index (χ2v) is 14.2. The van der Waals surface area contributed by atoms with E-state index in [1.54, 1.807) is 24.5 Å². The zero-order valence-electron chi connectivity index (χ0n) is 27.8. The number of rotatable bonds is 4. The van der Waals surface area contributed by atoms with Crippen LogP contribution in [0.15, 0.2) is 65.5 Å². The molecule has 3 aromatic carbocycles. The Morgan fingerprint density at radius 2 is 1.74 bits per heavy atom. The van der Waals surface area contributed by atoms with Gasteiger partial charge in [0.25, 0.3) is 5.56 Å². The minimum atomic E-state index is -2.00. The number of ether oxygens (including phenoxy) is 1. The van der Waals surface area contributed by atoms with Gasteiger partial charge in [-0.2, -0.15) is 0 Å². The molecule has 2 aliphatic carbocycles. The number of hydrogen-bond donors (Lipinski definition) is 2. The molecule has 0 bridgehead atoms. The third kappa shape index (κ3) is 3.85. The minimum Gasteiger partial charge on any atom is -0.465 e. The van der Waals surface area contributed by atoms with Crippen LogP contribution in [-0.2, 0) is 40.2 Å². The predicted molar refractivity (Wildman–Crippen MR) is 183 cm³/mol. The third-order valence-corrected chi connectivity index (χ3v) is 11.9. The first-order chi connectivity index (χ1) is 24.0. The van der Waals surface area contributed by atoms with Crippen molar-refractivity contribution in [3.63, 3.8) is 0 Å². The molecule has 0 fully saturated rings. The maximum absolute atomic E-state index is 15.5. The van der Waals surface area contributed by atoms with Crippen LogP contribution < -0.4 is 5.56 Å². The molecule has 9 rings (SSSR count). The fourth-order valence-electron chi connectivity index (χ4n) is 9.19. The van der Waals surface area contributed by atoms with Crippen molar-refractivity contribution >= 4 is 23.0 Å². The van der Waals surface area contributed by atoms with Gasteiger partial charge in [-0.25, -0.2) is 19.0 Å². The SMILES string of the molecule is CC[C@@]1(O)C(=O)OCc2c1cc1n(c2=O)Cc2c-1nc1cc(F)c(C)c3c1c2C(C)(N(CC1c2ccccc2-c2ccccc21)C(=O)O)CC3. The average Bonchev–Trinajstić information content (AvgIpc) is 3.64. The topological polar surface area (TPSA) is 122 Å². The average molecular weight is 672 g/mol. The molecule has 2 aromatic heterocycles. The van der Waals surface area contributed by atoms with Gasteiger partial charge in [-0.3, -0.25) is 9.69 Å². The van der Waals surface area contributed by atoms with Crippen LogP contribution in [0.3, 0.4) is 0 Å². The maximum Gasteiger partial charge on any atom is 0.408 e. The van der Waals surface area contributed by atoms with Crippen LogP contribution in [0, 0.1) is 12.7 Å². The highest BCUT2D eigenvalue weighted by atomic mass is 19.1. The van der Waals surface area contributed by atoms with Crippen molar-refractivity contribution < 1.29 is 28.9 Å². The lowest BCUT2D eigenvalue weighted by molar-refractivity contribution is -0.172. The van der Waals surface area contributed by atoms with E-state index in [2.05, 4.69) is 24.3 Å². The number of nitrogens with zero attached hydrogens (tertiary/aromatic N) is 3. The quantitative estimate of drug-likeness (QED) is 0.206. The Labute approximate surface area is 286 Å².